The summed E-state index contributed by atoms with van der Waals surface area (Å²) in [4.78, 5) is 17.5. The van der Waals surface area contributed by atoms with Crippen LogP contribution in [0.2, 0.25) is 5.02 Å². The Bertz CT molecular complexity index is 970. The van der Waals surface area contributed by atoms with E-state index < -0.39 is 0 Å². The van der Waals surface area contributed by atoms with E-state index in [1.54, 1.807) is 0 Å². The molecule has 0 spiro atoms. The van der Waals surface area contributed by atoms with Crippen molar-refractivity contribution in [3.05, 3.63) is 71.2 Å². The number of halogens is 1. The Morgan fingerprint density at radius 2 is 1.83 bits per heavy atom. The summed E-state index contributed by atoms with van der Waals surface area (Å²) in [7, 11) is 0. The fourth-order valence-electron chi connectivity index (χ4n) is 4.08. The average molecular weight is 423 g/mol. The lowest BCUT2D eigenvalue weighted by molar-refractivity contribution is -0.132. The topological polar surface area (TPSA) is 52.2 Å². The smallest absolute Gasteiger partial charge is 0.230 e. The SMILES string of the molecule is CC[C@H](C(=O)N1CCCN(c2cc(-c3ccc(Cl)cc3)[nH]n2)CC1)c1ccccc1. The minimum atomic E-state index is -0.0698. The fourth-order valence-corrected chi connectivity index (χ4v) is 4.20. The molecule has 5 nitrogen and oxygen atoms in total. The van der Waals surface area contributed by atoms with Gasteiger partial charge >= 0.3 is 0 Å². The zero-order valence-electron chi connectivity index (χ0n) is 17.2. The molecule has 1 aromatic heterocycles. The molecule has 1 amide bonds. The van der Waals surface area contributed by atoms with Crippen molar-refractivity contribution >= 4 is 23.3 Å². The number of hydrogen-bond donors (Lipinski definition) is 1. The molecule has 3 aromatic rings. The van der Waals surface area contributed by atoms with Gasteiger partial charge in [0, 0.05) is 37.3 Å². The van der Waals surface area contributed by atoms with Crippen LogP contribution >= 0.6 is 11.6 Å². The van der Waals surface area contributed by atoms with Gasteiger partial charge < -0.3 is 9.80 Å². The Labute approximate surface area is 182 Å². The first-order chi connectivity index (χ1) is 14.7. The molecular formula is C24H27ClN4O. The number of aromatic nitrogens is 2. The lowest BCUT2D eigenvalue weighted by Crippen LogP contribution is -2.38. The average Bonchev–Trinajstić information content (AvgIpc) is 3.13. The van der Waals surface area contributed by atoms with E-state index in [-0.39, 0.29) is 11.8 Å². The predicted octanol–water partition coefficient (Wildman–Crippen LogP) is 4.96. The van der Waals surface area contributed by atoms with E-state index in [4.69, 9.17) is 11.6 Å². The van der Waals surface area contributed by atoms with Gasteiger partial charge in [-0.05, 0) is 36.1 Å². The molecule has 0 unspecified atom stereocenters. The van der Waals surface area contributed by atoms with Gasteiger partial charge in [-0.1, -0.05) is 61.0 Å². The molecule has 2 heterocycles. The van der Waals surface area contributed by atoms with Crippen molar-refractivity contribution in [2.24, 2.45) is 0 Å². The number of anilines is 1. The molecule has 1 aliphatic heterocycles. The van der Waals surface area contributed by atoms with Crippen LogP contribution in [-0.2, 0) is 4.79 Å². The van der Waals surface area contributed by atoms with E-state index in [0.29, 0.717) is 6.54 Å². The van der Waals surface area contributed by atoms with Crippen LogP contribution in [0.3, 0.4) is 0 Å². The van der Waals surface area contributed by atoms with Gasteiger partial charge in [-0.2, -0.15) is 5.10 Å². The second-order valence-electron chi connectivity index (χ2n) is 7.68. The number of nitrogens with one attached hydrogen (secondary N) is 1. The van der Waals surface area contributed by atoms with Gasteiger partial charge in [0.1, 0.15) is 0 Å². The third-order valence-electron chi connectivity index (χ3n) is 5.76. The third-order valence-corrected chi connectivity index (χ3v) is 6.01. The quantitative estimate of drug-likeness (QED) is 0.632. The van der Waals surface area contributed by atoms with E-state index in [1.165, 1.54) is 0 Å². The van der Waals surface area contributed by atoms with Crippen LogP contribution in [-0.4, -0.2) is 47.2 Å². The number of nitrogens with zero attached hydrogens (tertiary/aromatic N) is 3. The maximum absolute atomic E-state index is 13.2. The Kier molecular flexibility index (Phi) is 6.38. The fraction of sp³-hybridized carbons (Fsp3) is 0.333. The summed E-state index contributed by atoms with van der Waals surface area (Å²) < 4.78 is 0. The van der Waals surface area contributed by atoms with E-state index in [2.05, 4.69) is 40.2 Å². The predicted molar refractivity (Wildman–Crippen MR) is 122 cm³/mol. The molecule has 1 saturated heterocycles. The van der Waals surface area contributed by atoms with Gasteiger partial charge in [0.25, 0.3) is 0 Å². The van der Waals surface area contributed by atoms with Gasteiger partial charge in [-0.15, -0.1) is 0 Å². The lowest BCUT2D eigenvalue weighted by Gasteiger charge is -2.26. The van der Waals surface area contributed by atoms with Crippen LogP contribution in [0.15, 0.2) is 60.7 Å². The number of rotatable bonds is 5. The normalized spacial score (nSPS) is 15.7. The van der Waals surface area contributed by atoms with Crippen molar-refractivity contribution in [3.8, 4) is 11.3 Å². The first-order valence-corrected chi connectivity index (χ1v) is 10.9. The molecule has 4 rings (SSSR count). The number of benzene rings is 2. The van der Waals surface area contributed by atoms with Crippen molar-refractivity contribution < 1.29 is 4.79 Å². The maximum atomic E-state index is 13.2. The van der Waals surface area contributed by atoms with Gasteiger partial charge in [0.05, 0.1) is 11.6 Å². The molecule has 6 heteroatoms. The van der Waals surface area contributed by atoms with Crippen LogP contribution in [0.1, 0.15) is 31.2 Å². The highest BCUT2D eigenvalue weighted by Gasteiger charge is 2.26. The maximum Gasteiger partial charge on any atom is 0.230 e. The standard InChI is InChI=1S/C24H27ClN4O/c1-2-21(18-7-4-3-5-8-18)24(30)29-14-6-13-28(15-16-29)23-17-22(26-27-23)19-9-11-20(25)12-10-19/h3-5,7-12,17,21H,2,6,13-16H2,1H3,(H,26,27)/t21-/m0/s1. The summed E-state index contributed by atoms with van der Waals surface area (Å²) in [5.74, 6) is 1.08. The molecular weight excluding hydrogens is 396 g/mol. The molecule has 30 heavy (non-hydrogen) atoms. The first kappa shape index (κ1) is 20.5. The van der Waals surface area contributed by atoms with Crippen molar-refractivity contribution in [2.45, 2.75) is 25.7 Å². The Morgan fingerprint density at radius 3 is 2.57 bits per heavy atom. The van der Waals surface area contributed by atoms with E-state index in [1.807, 2.05) is 47.4 Å². The molecule has 0 radical (unpaired) electrons. The zero-order valence-corrected chi connectivity index (χ0v) is 18.0. The van der Waals surface area contributed by atoms with Gasteiger partial charge in [0.15, 0.2) is 5.82 Å². The van der Waals surface area contributed by atoms with Crippen LogP contribution in [0.5, 0.6) is 0 Å². The zero-order chi connectivity index (χ0) is 20.9. The monoisotopic (exact) mass is 422 g/mol. The number of hydrogen-bond acceptors (Lipinski definition) is 3. The Balaban J connectivity index is 1.43. The Hall–Kier alpha value is -2.79. The summed E-state index contributed by atoms with van der Waals surface area (Å²) in [6.45, 7) is 5.25. The summed E-state index contributed by atoms with van der Waals surface area (Å²) in [6, 6.07) is 19.9. The molecule has 1 atom stereocenters. The molecule has 1 aliphatic rings. The minimum absolute atomic E-state index is 0.0698. The van der Waals surface area contributed by atoms with Crippen molar-refractivity contribution in [1.82, 2.24) is 15.1 Å². The molecule has 0 saturated carbocycles. The summed E-state index contributed by atoms with van der Waals surface area (Å²) in [5.41, 5.74) is 3.12. The number of carbonyl (C=O) groups is 1. The van der Waals surface area contributed by atoms with Gasteiger partial charge in [0.2, 0.25) is 5.91 Å². The lowest BCUT2D eigenvalue weighted by atomic mass is 9.95. The number of aromatic amines is 1. The molecule has 1 fully saturated rings. The van der Waals surface area contributed by atoms with Crippen molar-refractivity contribution in [3.63, 3.8) is 0 Å². The molecule has 2 aromatic carbocycles. The van der Waals surface area contributed by atoms with Crippen molar-refractivity contribution in [2.75, 3.05) is 31.1 Å². The van der Waals surface area contributed by atoms with E-state index >= 15 is 0 Å². The molecule has 156 valence electrons. The summed E-state index contributed by atoms with van der Waals surface area (Å²) >= 11 is 5.99. The second-order valence-corrected chi connectivity index (χ2v) is 8.12. The summed E-state index contributed by atoms with van der Waals surface area (Å²) in [6.07, 6.45) is 1.74. The number of amides is 1. The molecule has 0 aliphatic carbocycles. The first-order valence-electron chi connectivity index (χ1n) is 10.6. The second kappa shape index (κ2) is 9.35. The minimum Gasteiger partial charge on any atom is -0.353 e. The highest BCUT2D eigenvalue weighted by atomic mass is 35.5. The van der Waals surface area contributed by atoms with Crippen LogP contribution in [0, 0.1) is 0 Å². The number of carbonyl (C=O) groups excluding carboxylic acids is 1. The third kappa shape index (κ3) is 4.51. The largest absolute Gasteiger partial charge is 0.353 e. The number of H-pyrrole nitrogens is 1. The highest BCUT2D eigenvalue weighted by Crippen LogP contribution is 2.26. The van der Waals surface area contributed by atoms with Crippen molar-refractivity contribution in [1.29, 1.82) is 0 Å². The van der Waals surface area contributed by atoms with E-state index in [9.17, 15) is 4.79 Å². The molecule has 0 bridgehead atoms. The van der Waals surface area contributed by atoms with Crippen LogP contribution in [0.25, 0.3) is 11.3 Å². The Morgan fingerprint density at radius 1 is 1.07 bits per heavy atom. The van der Waals surface area contributed by atoms with Gasteiger partial charge in [-0.25, -0.2) is 0 Å². The van der Waals surface area contributed by atoms with E-state index in [0.717, 1.165) is 60.1 Å². The molecule has 1 N–H and O–H groups in total. The van der Waals surface area contributed by atoms with Crippen LogP contribution < -0.4 is 4.90 Å². The summed E-state index contributed by atoms with van der Waals surface area (Å²) in [5, 5.41) is 8.36. The highest BCUT2D eigenvalue weighted by molar-refractivity contribution is 6.30. The van der Waals surface area contributed by atoms with Crippen LogP contribution in [0.4, 0.5) is 5.82 Å². The van der Waals surface area contributed by atoms with Gasteiger partial charge in [-0.3, -0.25) is 9.89 Å².